The van der Waals surface area contributed by atoms with Crippen molar-refractivity contribution in [1.29, 1.82) is 0 Å². The first-order chi connectivity index (χ1) is 15.1. The van der Waals surface area contributed by atoms with Crippen LogP contribution in [0.15, 0.2) is 59.2 Å². The normalized spacial score (nSPS) is 21.2. The lowest BCUT2D eigenvalue weighted by Crippen LogP contribution is -2.48. The molecule has 31 heavy (non-hydrogen) atoms. The van der Waals surface area contributed by atoms with Gasteiger partial charge in [0.2, 0.25) is 0 Å². The molecule has 1 aliphatic carbocycles. The topological polar surface area (TPSA) is 36.7 Å². The summed E-state index contributed by atoms with van der Waals surface area (Å²) in [5, 5.41) is 0. The number of hydrogen-bond acceptors (Lipinski definition) is 3. The number of furan rings is 1. The van der Waals surface area contributed by atoms with E-state index in [9.17, 15) is 4.79 Å². The number of nitrogens with zero attached hydrogens (tertiary/aromatic N) is 2. The van der Waals surface area contributed by atoms with Gasteiger partial charge < -0.3 is 14.2 Å². The van der Waals surface area contributed by atoms with E-state index in [-0.39, 0.29) is 11.9 Å². The van der Waals surface area contributed by atoms with E-state index in [0.717, 1.165) is 38.3 Å². The second-order valence-electron chi connectivity index (χ2n) is 9.35. The third-order valence-corrected chi connectivity index (χ3v) is 7.27. The van der Waals surface area contributed by atoms with Crippen LogP contribution in [0.25, 0.3) is 0 Å². The van der Waals surface area contributed by atoms with Crippen molar-refractivity contribution in [3.63, 3.8) is 0 Å². The van der Waals surface area contributed by atoms with E-state index in [1.54, 1.807) is 12.3 Å². The fourth-order valence-corrected chi connectivity index (χ4v) is 5.33. The van der Waals surface area contributed by atoms with E-state index in [0.29, 0.717) is 17.2 Å². The van der Waals surface area contributed by atoms with E-state index >= 15 is 0 Å². The number of piperidine rings is 1. The molecule has 4 rings (SSSR count). The number of aryl methyl sites for hydroxylation is 1. The van der Waals surface area contributed by atoms with Crippen LogP contribution in [-0.2, 0) is 6.42 Å². The molecule has 4 nitrogen and oxygen atoms in total. The number of carbonyl (C=O) groups excluding carboxylic acids is 1. The first-order valence-corrected chi connectivity index (χ1v) is 11.8. The van der Waals surface area contributed by atoms with Gasteiger partial charge in [-0.3, -0.25) is 4.79 Å². The van der Waals surface area contributed by atoms with Crippen LogP contribution in [0, 0.1) is 18.8 Å². The molecule has 2 atom stereocenters. The predicted molar refractivity (Wildman–Crippen MR) is 125 cm³/mol. The quantitative estimate of drug-likeness (QED) is 0.567. The molecule has 0 radical (unpaired) electrons. The summed E-state index contributed by atoms with van der Waals surface area (Å²) in [4.78, 5) is 17.9. The summed E-state index contributed by atoms with van der Waals surface area (Å²) < 4.78 is 5.41. The second kappa shape index (κ2) is 10.3. The van der Waals surface area contributed by atoms with Crippen molar-refractivity contribution in [3.8, 4) is 0 Å². The average molecular weight is 421 g/mol. The minimum Gasteiger partial charge on any atom is -0.469 e. The molecule has 1 amide bonds. The van der Waals surface area contributed by atoms with Gasteiger partial charge >= 0.3 is 0 Å². The Balaban J connectivity index is 1.43. The Morgan fingerprint density at radius 2 is 1.90 bits per heavy atom. The maximum atomic E-state index is 13.3. The van der Waals surface area contributed by atoms with Gasteiger partial charge in [-0.15, -0.1) is 0 Å². The third kappa shape index (κ3) is 5.48. The van der Waals surface area contributed by atoms with Crippen molar-refractivity contribution in [2.75, 3.05) is 26.7 Å². The zero-order valence-corrected chi connectivity index (χ0v) is 19.0. The van der Waals surface area contributed by atoms with Crippen molar-refractivity contribution in [2.45, 2.75) is 51.5 Å². The fraction of sp³-hybridized carbons (Fsp3) is 0.519. The molecule has 1 saturated heterocycles. The Bertz CT molecular complexity index is 864. The summed E-state index contributed by atoms with van der Waals surface area (Å²) in [7, 11) is 1.98. The SMILES string of the molecule is Cc1occc1C(=O)N(C)[C@@H](Cc1ccccc1)C1CCN(C[C@H]2CC=CCC2)CC1. The highest BCUT2D eigenvalue weighted by atomic mass is 16.3. The van der Waals surface area contributed by atoms with E-state index in [4.69, 9.17) is 4.42 Å². The molecule has 1 aromatic heterocycles. The Hall–Kier alpha value is -2.33. The van der Waals surface area contributed by atoms with Crippen LogP contribution in [0.3, 0.4) is 0 Å². The Labute approximate surface area is 186 Å². The molecule has 166 valence electrons. The summed E-state index contributed by atoms with van der Waals surface area (Å²) in [6, 6.07) is 12.6. The number of likely N-dealkylation sites (tertiary alicyclic amines) is 1. The number of amides is 1. The summed E-state index contributed by atoms with van der Waals surface area (Å²) in [6.07, 6.45) is 13.3. The highest BCUT2D eigenvalue weighted by Gasteiger charge is 2.33. The molecular weight excluding hydrogens is 384 g/mol. The molecule has 2 heterocycles. The van der Waals surface area contributed by atoms with Gasteiger partial charge in [-0.2, -0.15) is 0 Å². The smallest absolute Gasteiger partial charge is 0.257 e. The summed E-state index contributed by atoms with van der Waals surface area (Å²) in [5.74, 6) is 2.11. The molecule has 0 spiro atoms. The maximum absolute atomic E-state index is 13.3. The number of benzene rings is 1. The summed E-state index contributed by atoms with van der Waals surface area (Å²) in [6.45, 7) is 5.38. The summed E-state index contributed by atoms with van der Waals surface area (Å²) in [5.41, 5.74) is 1.98. The van der Waals surface area contributed by atoms with Gasteiger partial charge in [0.05, 0.1) is 11.8 Å². The molecule has 0 bridgehead atoms. The van der Waals surface area contributed by atoms with Crippen LogP contribution in [0.5, 0.6) is 0 Å². The zero-order chi connectivity index (χ0) is 21.6. The zero-order valence-electron chi connectivity index (χ0n) is 19.0. The largest absolute Gasteiger partial charge is 0.469 e. The second-order valence-corrected chi connectivity index (χ2v) is 9.35. The average Bonchev–Trinajstić information content (AvgIpc) is 3.24. The lowest BCUT2D eigenvalue weighted by Gasteiger charge is -2.41. The molecule has 1 fully saturated rings. The van der Waals surface area contributed by atoms with Crippen LogP contribution in [0.4, 0.5) is 0 Å². The van der Waals surface area contributed by atoms with Gasteiger partial charge in [0.25, 0.3) is 5.91 Å². The first kappa shape index (κ1) is 21.9. The van der Waals surface area contributed by atoms with E-state index in [1.807, 2.05) is 18.9 Å². The molecule has 0 unspecified atom stereocenters. The van der Waals surface area contributed by atoms with Gasteiger partial charge in [-0.25, -0.2) is 0 Å². The van der Waals surface area contributed by atoms with Crippen molar-refractivity contribution in [3.05, 3.63) is 71.7 Å². The van der Waals surface area contributed by atoms with E-state index in [2.05, 4.69) is 47.4 Å². The Kier molecular flexibility index (Phi) is 7.29. The number of carbonyl (C=O) groups is 1. The molecule has 1 aliphatic heterocycles. The fourth-order valence-electron chi connectivity index (χ4n) is 5.33. The van der Waals surface area contributed by atoms with Gasteiger partial charge in [-0.05, 0) is 82.0 Å². The van der Waals surface area contributed by atoms with Crippen molar-refractivity contribution in [2.24, 2.45) is 11.8 Å². The number of likely N-dealkylation sites (N-methyl/N-ethyl adjacent to an activating group) is 1. The van der Waals surface area contributed by atoms with E-state index in [1.165, 1.54) is 31.4 Å². The minimum atomic E-state index is 0.0728. The van der Waals surface area contributed by atoms with Crippen LogP contribution >= 0.6 is 0 Å². The number of allylic oxidation sites excluding steroid dienone is 2. The lowest BCUT2D eigenvalue weighted by atomic mass is 9.84. The minimum absolute atomic E-state index is 0.0728. The van der Waals surface area contributed by atoms with Crippen LogP contribution in [0.1, 0.15) is 53.8 Å². The highest BCUT2D eigenvalue weighted by Crippen LogP contribution is 2.29. The first-order valence-electron chi connectivity index (χ1n) is 11.8. The molecule has 2 aromatic rings. The van der Waals surface area contributed by atoms with Crippen LogP contribution in [-0.4, -0.2) is 48.4 Å². The Morgan fingerprint density at radius 3 is 2.55 bits per heavy atom. The highest BCUT2D eigenvalue weighted by molar-refractivity contribution is 5.95. The van der Waals surface area contributed by atoms with Gasteiger partial charge in [0.1, 0.15) is 5.76 Å². The van der Waals surface area contributed by atoms with Crippen molar-refractivity contribution >= 4 is 5.91 Å². The molecule has 1 aromatic carbocycles. The molecule has 2 aliphatic rings. The van der Waals surface area contributed by atoms with Crippen LogP contribution < -0.4 is 0 Å². The molecule has 0 N–H and O–H groups in total. The lowest BCUT2D eigenvalue weighted by molar-refractivity contribution is 0.0574. The maximum Gasteiger partial charge on any atom is 0.257 e. The molecule has 0 saturated carbocycles. The third-order valence-electron chi connectivity index (χ3n) is 7.27. The van der Waals surface area contributed by atoms with Crippen LogP contribution in [0.2, 0.25) is 0 Å². The Morgan fingerprint density at radius 1 is 1.13 bits per heavy atom. The predicted octanol–water partition coefficient (Wildman–Crippen LogP) is 5.34. The molecule has 4 heteroatoms. The van der Waals surface area contributed by atoms with Crippen molar-refractivity contribution < 1.29 is 9.21 Å². The van der Waals surface area contributed by atoms with Crippen molar-refractivity contribution in [1.82, 2.24) is 9.80 Å². The number of rotatable bonds is 7. The van der Waals surface area contributed by atoms with Gasteiger partial charge in [0, 0.05) is 19.6 Å². The van der Waals surface area contributed by atoms with E-state index < -0.39 is 0 Å². The summed E-state index contributed by atoms with van der Waals surface area (Å²) >= 11 is 0. The molecular formula is C27H36N2O2. The number of hydrogen-bond donors (Lipinski definition) is 0. The monoisotopic (exact) mass is 420 g/mol. The van der Waals surface area contributed by atoms with Gasteiger partial charge in [-0.1, -0.05) is 42.5 Å². The standard InChI is InChI=1S/C27H36N2O2/c1-21-25(15-18-31-21)27(30)28(2)26(19-22-9-5-3-6-10-22)24-13-16-29(17-14-24)20-23-11-7-4-8-12-23/h3-7,9-10,15,18,23-24,26H,8,11-14,16-17,19-20H2,1-2H3/t23-,26-/m0/s1. The van der Waals surface area contributed by atoms with Gasteiger partial charge in [0.15, 0.2) is 0 Å².